The van der Waals surface area contributed by atoms with Crippen molar-refractivity contribution in [3.05, 3.63) is 53.1 Å². The molecule has 2 aromatic carbocycles. The maximum atomic E-state index is 6.27. The van der Waals surface area contributed by atoms with Crippen molar-refractivity contribution in [3.63, 3.8) is 0 Å². The molecule has 0 spiro atoms. The van der Waals surface area contributed by atoms with Gasteiger partial charge >= 0.3 is 0 Å². The summed E-state index contributed by atoms with van der Waals surface area (Å²) >= 11 is 6.27. The highest BCUT2D eigenvalue weighted by molar-refractivity contribution is 6.31. The highest BCUT2D eigenvalue weighted by Crippen LogP contribution is 2.36. The molecule has 1 unspecified atom stereocenters. The lowest BCUT2D eigenvalue weighted by Crippen LogP contribution is -2.23. The van der Waals surface area contributed by atoms with Crippen molar-refractivity contribution in [2.24, 2.45) is 0 Å². The van der Waals surface area contributed by atoms with Crippen LogP contribution in [0, 0.1) is 0 Å². The topological polar surface area (TPSA) is 38.5 Å². The van der Waals surface area contributed by atoms with Gasteiger partial charge in [-0.05, 0) is 30.7 Å². The van der Waals surface area contributed by atoms with Gasteiger partial charge < -0.3 is 15.4 Å². The Morgan fingerprint density at radius 3 is 2.50 bits per heavy atom. The molecule has 0 bridgehead atoms. The maximum absolute atomic E-state index is 6.27. The second kappa shape index (κ2) is 6.06. The van der Waals surface area contributed by atoms with Crippen LogP contribution in [0.25, 0.3) is 0 Å². The largest absolute Gasteiger partial charge is 0.495 e. The molecule has 0 amide bonds. The van der Waals surface area contributed by atoms with Crippen LogP contribution in [0.4, 0.5) is 11.4 Å². The lowest BCUT2D eigenvalue weighted by atomic mass is 10.1. The number of anilines is 2. The number of methoxy groups -OCH3 is 1. The van der Waals surface area contributed by atoms with Crippen molar-refractivity contribution < 1.29 is 4.74 Å². The third-order valence-corrected chi connectivity index (χ3v) is 3.92. The highest BCUT2D eigenvalue weighted by Gasteiger charge is 2.18. The fourth-order valence-corrected chi connectivity index (χ4v) is 2.54. The van der Waals surface area contributed by atoms with Crippen LogP contribution < -0.4 is 15.4 Å². The molecule has 4 heteroatoms. The van der Waals surface area contributed by atoms with Gasteiger partial charge in [0.05, 0.1) is 24.5 Å². The summed E-state index contributed by atoms with van der Waals surface area (Å²) in [5, 5.41) is 0.758. The van der Waals surface area contributed by atoms with Crippen molar-refractivity contribution in [1.29, 1.82) is 0 Å². The first kappa shape index (κ1) is 14.5. The van der Waals surface area contributed by atoms with Gasteiger partial charge in [0, 0.05) is 12.1 Å². The Balaban J connectivity index is 2.36. The minimum atomic E-state index is 0.109. The van der Waals surface area contributed by atoms with Crippen LogP contribution in [0.2, 0.25) is 5.02 Å². The van der Waals surface area contributed by atoms with Crippen LogP contribution in [0.5, 0.6) is 5.75 Å². The first-order valence-electron chi connectivity index (χ1n) is 6.46. The van der Waals surface area contributed by atoms with E-state index in [4.69, 9.17) is 22.1 Å². The summed E-state index contributed by atoms with van der Waals surface area (Å²) in [7, 11) is 3.62. The Morgan fingerprint density at radius 1 is 1.15 bits per heavy atom. The summed E-state index contributed by atoms with van der Waals surface area (Å²) in [6.07, 6.45) is 0. The van der Waals surface area contributed by atoms with Crippen LogP contribution in [0.15, 0.2) is 42.5 Å². The van der Waals surface area contributed by atoms with Crippen molar-refractivity contribution in [1.82, 2.24) is 0 Å². The van der Waals surface area contributed by atoms with Gasteiger partial charge in [0.25, 0.3) is 0 Å². The predicted octanol–water partition coefficient (Wildman–Crippen LogP) is 4.13. The van der Waals surface area contributed by atoms with Gasteiger partial charge in [0.1, 0.15) is 5.75 Å². The number of hydrogen-bond acceptors (Lipinski definition) is 3. The molecule has 0 saturated carbocycles. The molecule has 3 nitrogen and oxygen atoms in total. The second-order valence-corrected chi connectivity index (χ2v) is 5.11. The molecule has 0 aliphatic heterocycles. The number of nitrogens with two attached hydrogens (primary N) is 1. The summed E-state index contributed by atoms with van der Waals surface area (Å²) in [5.74, 6) is 0.681. The normalized spacial score (nSPS) is 12.0. The zero-order valence-electron chi connectivity index (χ0n) is 11.9. The van der Waals surface area contributed by atoms with Gasteiger partial charge in [-0.1, -0.05) is 35.9 Å². The Kier molecular flexibility index (Phi) is 4.40. The molecular weight excluding hydrogens is 272 g/mol. The molecule has 0 aliphatic rings. The fourth-order valence-electron chi connectivity index (χ4n) is 2.25. The minimum absolute atomic E-state index is 0.109. The van der Waals surface area contributed by atoms with Gasteiger partial charge in [-0.3, -0.25) is 0 Å². The average molecular weight is 291 g/mol. The average Bonchev–Trinajstić information content (AvgIpc) is 2.46. The molecule has 0 radical (unpaired) electrons. The number of benzene rings is 2. The first-order chi connectivity index (χ1) is 9.56. The molecule has 0 saturated heterocycles. The van der Waals surface area contributed by atoms with Crippen molar-refractivity contribution in [2.75, 3.05) is 24.8 Å². The third-order valence-electron chi connectivity index (χ3n) is 3.58. The van der Waals surface area contributed by atoms with E-state index in [0.29, 0.717) is 11.4 Å². The van der Waals surface area contributed by atoms with Crippen LogP contribution in [-0.2, 0) is 0 Å². The van der Waals surface area contributed by atoms with Crippen LogP contribution in [0.3, 0.4) is 0 Å². The van der Waals surface area contributed by atoms with Gasteiger partial charge in [0.15, 0.2) is 0 Å². The van der Waals surface area contributed by atoms with E-state index in [1.165, 1.54) is 0 Å². The van der Waals surface area contributed by atoms with Gasteiger partial charge in [0.2, 0.25) is 0 Å². The summed E-state index contributed by atoms with van der Waals surface area (Å²) in [6, 6.07) is 13.7. The molecule has 1 atom stereocenters. The van der Waals surface area contributed by atoms with Crippen LogP contribution in [0.1, 0.15) is 18.5 Å². The zero-order valence-corrected chi connectivity index (χ0v) is 12.7. The Morgan fingerprint density at radius 2 is 1.85 bits per heavy atom. The maximum Gasteiger partial charge on any atom is 0.143 e. The first-order valence-corrected chi connectivity index (χ1v) is 6.83. The summed E-state index contributed by atoms with van der Waals surface area (Å²) < 4.78 is 5.27. The number of para-hydroxylation sites is 1. The van der Waals surface area contributed by atoms with E-state index in [2.05, 4.69) is 11.8 Å². The van der Waals surface area contributed by atoms with Crippen LogP contribution in [-0.4, -0.2) is 14.2 Å². The smallest absolute Gasteiger partial charge is 0.143 e. The second-order valence-electron chi connectivity index (χ2n) is 4.70. The van der Waals surface area contributed by atoms with E-state index in [-0.39, 0.29) is 6.04 Å². The zero-order chi connectivity index (χ0) is 14.7. The van der Waals surface area contributed by atoms with E-state index >= 15 is 0 Å². The number of halogens is 1. The molecule has 20 heavy (non-hydrogen) atoms. The monoisotopic (exact) mass is 290 g/mol. The summed E-state index contributed by atoms with van der Waals surface area (Å²) in [5.41, 5.74) is 8.78. The predicted molar refractivity (Wildman–Crippen MR) is 85.7 cm³/mol. The van der Waals surface area contributed by atoms with Crippen molar-refractivity contribution >= 4 is 23.0 Å². The number of hydrogen-bond donors (Lipinski definition) is 1. The number of ether oxygens (including phenoxy) is 1. The van der Waals surface area contributed by atoms with E-state index in [1.54, 1.807) is 7.11 Å². The van der Waals surface area contributed by atoms with Gasteiger partial charge in [-0.15, -0.1) is 0 Å². The molecule has 106 valence electrons. The summed E-state index contributed by atoms with van der Waals surface area (Å²) in [6.45, 7) is 2.10. The molecule has 2 aromatic rings. The number of rotatable bonds is 4. The SMILES string of the molecule is COc1cccc(N(C)C(C)c2ccccc2Cl)c1N. The Labute approximate surface area is 124 Å². The van der Waals surface area contributed by atoms with E-state index in [9.17, 15) is 0 Å². The van der Waals surface area contributed by atoms with Gasteiger partial charge in [-0.25, -0.2) is 0 Å². The molecule has 0 aliphatic carbocycles. The Bertz CT molecular complexity index is 601. The number of nitrogen functional groups attached to an aromatic ring is 1. The van der Waals surface area contributed by atoms with Crippen molar-refractivity contribution in [2.45, 2.75) is 13.0 Å². The standard InChI is InChI=1S/C16H19ClN2O/c1-11(12-7-4-5-8-13(12)17)19(2)14-9-6-10-15(20-3)16(14)18/h4-11H,18H2,1-3H3. The van der Waals surface area contributed by atoms with Crippen LogP contribution >= 0.6 is 11.6 Å². The van der Waals surface area contributed by atoms with Gasteiger partial charge in [-0.2, -0.15) is 0 Å². The summed E-state index contributed by atoms with van der Waals surface area (Å²) in [4.78, 5) is 2.10. The molecule has 2 N–H and O–H groups in total. The molecule has 0 heterocycles. The minimum Gasteiger partial charge on any atom is -0.495 e. The Hall–Kier alpha value is -1.87. The molecule has 0 fully saturated rings. The van der Waals surface area contributed by atoms with Crippen molar-refractivity contribution in [3.8, 4) is 5.75 Å². The molecular formula is C16H19ClN2O. The van der Waals surface area contributed by atoms with E-state index < -0.39 is 0 Å². The lowest BCUT2D eigenvalue weighted by molar-refractivity contribution is 0.417. The fraction of sp³-hybridized carbons (Fsp3) is 0.250. The lowest BCUT2D eigenvalue weighted by Gasteiger charge is -2.29. The molecule has 2 rings (SSSR count). The third kappa shape index (κ3) is 2.68. The van der Waals surface area contributed by atoms with E-state index in [1.807, 2.05) is 49.5 Å². The quantitative estimate of drug-likeness (QED) is 0.861. The number of nitrogens with zero attached hydrogens (tertiary/aromatic N) is 1. The van der Waals surface area contributed by atoms with E-state index in [0.717, 1.165) is 16.3 Å². The molecule has 0 aromatic heterocycles. The highest BCUT2D eigenvalue weighted by atomic mass is 35.5.